The van der Waals surface area contributed by atoms with Gasteiger partial charge < -0.3 is 5.32 Å². The number of nitrogens with zero attached hydrogens (tertiary/aromatic N) is 3. The summed E-state index contributed by atoms with van der Waals surface area (Å²) in [7, 11) is 0. The second kappa shape index (κ2) is 10.7. The zero-order valence-electron chi connectivity index (χ0n) is 18.6. The van der Waals surface area contributed by atoms with Crippen molar-refractivity contribution >= 4 is 18.1 Å². The number of hydrogen-bond acceptors (Lipinski definition) is 4. The van der Waals surface area contributed by atoms with E-state index in [2.05, 4.69) is 44.7 Å². The maximum atomic E-state index is 12.7. The molecule has 0 radical (unpaired) electrons. The lowest BCUT2D eigenvalue weighted by molar-refractivity contribution is -0.121. The third kappa shape index (κ3) is 5.93. The molecule has 0 atom stereocenters. The Morgan fingerprint density at radius 2 is 1.78 bits per heavy atom. The minimum Gasteiger partial charge on any atom is -0.350 e. The molecule has 0 spiro atoms. The number of benzene rings is 2. The summed E-state index contributed by atoms with van der Waals surface area (Å²) in [5.41, 5.74) is 4.51. The lowest BCUT2D eigenvalue weighted by atomic mass is 10.1. The number of aryl methyl sites for hydroxylation is 1. The lowest BCUT2D eigenvalue weighted by Crippen LogP contribution is -2.27. The highest BCUT2D eigenvalue weighted by atomic mass is 32.1. The molecule has 7 heteroatoms. The third-order valence-electron chi connectivity index (χ3n) is 5.96. The number of amides is 1. The Kier molecular flexibility index (Phi) is 7.50. The van der Waals surface area contributed by atoms with Crippen molar-refractivity contribution in [1.82, 2.24) is 25.0 Å². The van der Waals surface area contributed by atoms with E-state index in [9.17, 15) is 4.79 Å². The van der Waals surface area contributed by atoms with E-state index < -0.39 is 0 Å². The quantitative estimate of drug-likeness (QED) is 0.517. The molecule has 1 aliphatic heterocycles. The fourth-order valence-electron chi connectivity index (χ4n) is 4.18. The van der Waals surface area contributed by atoms with Crippen LogP contribution in [0.15, 0.2) is 48.5 Å². The van der Waals surface area contributed by atoms with E-state index in [-0.39, 0.29) is 12.5 Å². The molecule has 4 rings (SSSR count). The van der Waals surface area contributed by atoms with E-state index in [1.807, 2.05) is 31.2 Å². The van der Waals surface area contributed by atoms with Crippen molar-refractivity contribution in [3.63, 3.8) is 0 Å². The second-order valence-electron chi connectivity index (χ2n) is 8.59. The van der Waals surface area contributed by atoms with Gasteiger partial charge in [0.2, 0.25) is 5.91 Å². The molecule has 2 heterocycles. The van der Waals surface area contributed by atoms with Gasteiger partial charge in [0.05, 0.1) is 0 Å². The number of hydrogen-bond donors (Lipinski definition) is 2. The van der Waals surface area contributed by atoms with E-state index in [0.29, 0.717) is 17.1 Å². The van der Waals surface area contributed by atoms with Gasteiger partial charge in [0.15, 0.2) is 10.6 Å². The Balaban J connectivity index is 1.36. The largest absolute Gasteiger partial charge is 0.350 e. The van der Waals surface area contributed by atoms with Crippen molar-refractivity contribution in [2.24, 2.45) is 0 Å². The first kappa shape index (κ1) is 22.4. The highest BCUT2D eigenvalue weighted by Gasteiger charge is 2.13. The summed E-state index contributed by atoms with van der Waals surface area (Å²) in [5.74, 6) is 0.582. The van der Waals surface area contributed by atoms with Gasteiger partial charge >= 0.3 is 0 Å². The molecule has 1 aliphatic rings. The van der Waals surface area contributed by atoms with Crippen molar-refractivity contribution in [3.8, 4) is 11.4 Å². The predicted molar refractivity (Wildman–Crippen MR) is 130 cm³/mol. The highest BCUT2D eigenvalue weighted by Crippen LogP contribution is 2.18. The van der Waals surface area contributed by atoms with E-state index >= 15 is 0 Å². The van der Waals surface area contributed by atoms with Crippen molar-refractivity contribution < 1.29 is 4.79 Å². The number of aromatic nitrogens is 3. The average Bonchev–Trinajstić information content (AvgIpc) is 2.98. The van der Waals surface area contributed by atoms with Gasteiger partial charge in [0, 0.05) is 18.7 Å². The fourth-order valence-corrected chi connectivity index (χ4v) is 4.37. The molecular weight excluding hydrogens is 418 g/mol. The summed E-state index contributed by atoms with van der Waals surface area (Å²) >= 11 is 5.36. The van der Waals surface area contributed by atoms with Gasteiger partial charge in [-0.3, -0.25) is 19.4 Å². The van der Waals surface area contributed by atoms with Crippen LogP contribution in [0.3, 0.4) is 0 Å². The zero-order chi connectivity index (χ0) is 22.3. The Hall–Kier alpha value is -2.77. The smallest absolute Gasteiger partial charge is 0.240 e. The monoisotopic (exact) mass is 449 g/mol. The number of carbonyl (C=O) groups excluding carboxylic acids is 1. The minimum absolute atomic E-state index is 0.0891. The van der Waals surface area contributed by atoms with Crippen molar-refractivity contribution in [2.45, 2.75) is 52.2 Å². The van der Waals surface area contributed by atoms with Gasteiger partial charge in [-0.25, -0.2) is 0 Å². The zero-order valence-corrected chi connectivity index (χ0v) is 19.5. The summed E-state index contributed by atoms with van der Waals surface area (Å²) in [6.07, 6.45) is 5.26. The number of H-pyrrole nitrogens is 1. The predicted octanol–water partition coefficient (Wildman–Crippen LogP) is 4.61. The van der Waals surface area contributed by atoms with Gasteiger partial charge in [-0.05, 0) is 56.2 Å². The van der Waals surface area contributed by atoms with Crippen molar-refractivity contribution in [3.05, 3.63) is 70.0 Å². The number of likely N-dealkylation sites (tertiary alicyclic amines) is 1. The standard InChI is InChI=1S/C25H31N5OS/c1-19-9-11-22(12-10-19)24-27-28-25(32)30(24)18-23(31)26-16-20-7-6-8-21(15-20)17-29-13-4-2-3-5-14-29/h6-12,15H,2-5,13-14,16-18H2,1H3,(H,26,31)(H,28,32). The van der Waals surface area contributed by atoms with Gasteiger partial charge in [0.1, 0.15) is 6.54 Å². The van der Waals surface area contributed by atoms with Gasteiger partial charge in [-0.2, -0.15) is 5.10 Å². The first-order valence-electron chi connectivity index (χ1n) is 11.4. The van der Waals surface area contributed by atoms with Crippen LogP contribution in [-0.2, 0) is 24.4 Å². The van der Waals surface area contributed by atoms with Crippen LogP contribution in [0, 0.1) is 11.7 Å². The highest BCUT2D eigenvalue weighted by molar-refractivity contribution is 7.71. The number of carbonyl (C=O) groups is 1. The van der Waals surface area contributed by atoms with Crippen molar-refractivity contribution in [2.75, 3.05) is 13.1 Å². The van der Waals surface area contributed by atoms with E-state index in [1.165, 1.54) is 49.9 Å². The molecule has 6 nitrogen and oxygen atoms in total. The van der Waals surface area contributed by atoms with Gasteiger partial charge in [-0.1, -0.05) is 66.9 Å². The molecule has 3 aromatic rings. The third-order valence-corrected chi connectivity index (χ3v) is 6.27. The molecule has 1 amide bonds. The van der Waals surface area contributed by atoms with Crippen LogP contribution in [0.4, 0.5) is 0 Å². The average molecular weight is 450 g/mol. The first-order chi connectivity index (χ1) is 15.6. The van der Waals surface area contributed by atoms with Crippen LogP contribution in [-0.4, -0.2) is 38.7 Å². The Labute approximate surface area is 194 Å². The topological polar surface area (TPSA) is 66.0 Å². The maximum Gasteiger partial charge on any atom is 0.240 e. The molecule has 0 unspecified atom stereocenters. The first-order valence-corrected chi connectivity index (χ1v) is 11.8. The molecule has 168 valence electrons. The summed E-state index contributed by atoms with van der Waals surface area (Å²) in [6, 6.07) is 16.5. The molecule has 2 aromatic carbocycles. The number of nitrogens with one attached hydrogen (secondary N) is 2. The fraction of sp³-hybridized carbons (Fsp3) is 0.400. The van der Waals surface area contributed by atoms with Crippen LogP contribution in [0.2, 0.25) is 0 Å². The van der Waals surface area contributed by atoms with Crippen LogP contribution in [0.25, 0.3) is 11.4 Å². The minimum atomic E-state index is -0.0891. The molecule has 2 N–H and O–H groups in total. The van der Waals surface area contributed by atoms with Crippen LogP contribution in [0.5, 0.6) is 0 Å². The molecular formula is C25H31N5OS. The second-order valence-corrected chi connectivity index (χ2v) is 8.98. The van der Waals surface area contributed by atoms with Crippen molar-refractivity contribution in [1.29, 1.82) is 0 Å². The Morgan fingerprint density at radius 1 is 1.06 bits per heavy atom. The van der Waals surface area contributed by atoms with E-state index in [1.54, 1.807) is 4.57 Å². The molecule has 0 bridgehead atoms. The SMILES string of the molecule is Cc1ccc(-c2n[nH]c(=S)n2CC(=O)NCc2cccc(CN3CCCCCC3)c2)cc1. The van der Waals surface area contributed by atoms with Crippen LogP contribution < -0.4 is 5.32 Å². The summed E-state index contributed by atoms with van der Waals surface area (Å²) in [6.45, 7) is 6.00. The number of aromatic amines is 1. The molecule has 32 heavy (non-hydrogen) atoms. The van der Waals surface area contributed by atoms with Crippen LogP contribution in [0.1, 0.15) is 42.4 Å². The molecule has 0 aliphatic carbocycles. The maximum absolute atomic E-state index is 12.7. The Bertz CT molecular complexity index is 1090. The molecule has 1 aromatic heterocycles. The van der Waals surface area contributed by atoms with Crippen LogP contribution >= 0.6 is 12.2 Å². The summed E-state index contributed by atoms with van der Waals surface area (Å²) < 4.78 is 2.18. The Morgan fingerprint density at radius 3 is 2.53 bits per heavy atom. The molecule has 0 saturated carbocycles. The molecule has 1 fully saturated rings. The summed E-state index contributed by atoms with van der Waals surface area (Å²) in [5, 5.41) is 10.2. The van der Waals surface area contributed by atoms with Gasteiger partial charge in [0.25, 0.3) is 0 Å². The lowest BCUT2D eigenvalue weighted by Gasteiger charge is -2.20. The van der Waals surface area contributed by atoms with Gasteiger partial charge in [-0.15, -0.1) is 0 Å². The normalized spacial score (nSPS) is 14.8. The number of rotatable bonds is 7. The summed E-state index contributed by atoms with van der Waals surface area (Å²) in [4.78, 5) is 15.2. The van der Waals surface area contributed by atoms with E-state index in [0.717, 1.165) is 17.7 Å². The molecule has 1 saturated heterocycles. The van der Waals surface area contributed by atoms with E-state index in [4.69, 9.17) is 12.2 Å².